The number of hydrogen-bond donors (Lipinski definition) is 2. The lowest BCUT2D eigenvalue weighted by Crippen LogP contribution is -2.44. The second-order valence-electron chi connectivity index (χ2n) is 9.68. The van der Waals surface area contributed by atoms with Crippen LogP contribution in [-0.2, 0) is 21.2 Å². The van der Waals surface area contributed by atoms with Gasteiger partial charge in [-0.05, 0) is 69.2 Å². The molecule has 0 saturated carbocycles. The SMILES string of the molecule is Cc1ccc(S(=O)(=O)N[C@@H](Cc2c[nH]c3ccccc23)C(=O)Oc2ccc3c(C)c(C)c(=O)oc3c2C)cc1. The molecule has 5 rings (SSSR count). The number of H-pyrrole nitrogens is 1. The molecule has 1 atom stereocenters. The van der Waals surface area contributed by atoms with Gasteiger partial charge in [0.1, 0.15) is 17.4 Å². The van der Waals surface area contributed by atoms with Gasteiger partial charge < -0.3 is 14.1 Å². The van der Waals surface area contributed by atoms with Crippen molar-refractivity contribution < 1.29 is 22.4 Å². The maximum Gasteiger partial charge on any atom is 0.339 e. The number of sulfonamides is 1. The van der Waals surface area contributed by atoms with Crippen LogP contribution in [-0.4, -0.2) is 25.4 Å². The summed E-state index contributed by atoms with van der Waals surface area (Å²) in [6, 6.07) is 16.0. The monoisotopic (exact) mass is 544 g/mol. The van der Waals surface area contributed by atoms with Gasteiger partial charge in [-0.15, -0.1) is 0 Å². The number of esters is 1. The first kappa shape index (κ1) is 26.4. The molecule has 3 aromatic carbocycles. The predicted molar refractivity (Wildman–Crippen MR) is 150 cm³/mol. The highest BCUT2D eigenvalue weighted by atomic mass is 32.2. The summed E-state index contributed by atoms with van der Waals surface area (Å²) >= 11 is 0. The molecule has 0 aliphatic heterocycles. The van der Waals surface area contributed by atoms with E-state index in [1.807, 2.05) is 38.1 Å². The van der Waals surface area contributed by atoms with Crippen LogP contribution in [0.3, 0.4) is 0 Å². The molecule has 8 nitrogen and oxygen atoms in total. The fourth-order valence-electron chi connectivity index (χ4n) is 4.58. The first-order valence-electron chi connectivity index (χ1n) is 12.4. The highest BCUT2D eigenvalue weighted by Gasteiger charge is 2.29. The van der Waals surface area contributed by atoms with Gasteiger partial charge in [0, 0.05) is 40.0 Å². The number of aryl methyl sites for hydroxylation is 3. The molecule has 2 aromatic heterocycles. The summed E-state index contributed by atoms with van der Waals surface area (Å²) in [5, 5.41) is 1.61. The van der Waals surface area contributed by atoms with Crippen LogP contribution >= 0.6 is 0 Å². The molecule has 39 heavy (non-hydrogen) atoms. The van der Waals surface area contributed by atoms with Crippen LogP contribution < -0.4 is 15.1 Å². The van der Waals surface area contributed by atoms with Crippen LogP contribution in [0.4, 0.5) is 0 Å². The number of rotatable bonds is 7. The molecule has 0 saturated heterocycles. The lowest BCUT2D eigenvalue weighted by molar-refractivity contribution is -0.136. The van der Waals surface area contributed by atoms with Crippen molar-refractivity contribution in [2.75, 3.05) is 0 Å². The largest absolute Gasteiger partial charge is 0.425 e. The minimum absolute atomic E-state index is 0.0410. The Labute approximate surface area is 225 Å². The van der Waals surface area contributed by atoms with Gasteiger partial charge in [0.2, 0.25) is 10.0 Å². The first-order chi connectivity index (χ1) is 18.5. The van der Waals surface area contributed by atoms with E-state index in [4.69, 9.17) is 9.15 Å². The van der Waals surface area contributed by atoms with Gasteiger partial charge in [-0.1, -0.05) is 35.9 Å². The van der Waals surface area contributed by atoms with E-state index in [9.17, 15) is 18.0 Å². The van der Waals surface area contributed by atoms with Gasteiger partial charge in [0.15, 0.2) is 0 Å². The first-order valence-corrected chi connectivity index (χ1v) is 13.9. The van der Waals surface area contributed by atoms with Crippen molar-refractivity contribution in [1.82, 2.24) is 9.71 Å². The van der Waals surface area contributed by atoms with E-state index in [-0.39, 0.29) is 17.1 Å². The molecule has 0 spiro atoms. The third-order valence-corrected chi connectivity index (χ3v) is 8.53. The van der Waals surface area contributed by atoms with E-state index in [0.717, 1.165) is 33.0 Å². The zero-order valence-electron chi connectivity index (χ0n) is 22.0. The second kappa shape index (κ2) is 10.2. The fraction of sp³-hybridized carbons (Fsp3) is 0.200. The summed E-state index contributed by atoms with van der Waals surface area (Å²) in [4.78, 5) is 29.1. The summed E-state index contributed by atoms with van der Waals surface area (Å²) in [5.41, 5.74) is 4.15. The van der Waals surface area contributed by atoms with E-state index < -0.39 is 27.7 Å². The van der Waals surface area contributed by atoms with E-state index in [2.05, 4.69) is 9.71 Å². The number of hydrogen-bond acceptors (Lipinski definition) is 6. The van der Waals surface area contributed by atoms with Crippen LogP contribution in [0.1, 0.15) is 27.8 Å². The molecular weight excluding hydrogens is 516 g/mol. The molecule has 0 bridgehead atoms. The lowest BCUT2D eigenvalue weighted by atomic mass is 10.0. The van der Waals surface area contributed by atoms with Gasteiger partial charge >= 0.3 is 11.6 Å². The maximum atomic E-state index is 13.6. The minimum Gasteiger partial charge on any atom is -0.425 e. The molecule has 0 radical (unpaired) electrons. The Kier molecular flexibility index (Phi) is 6.88. The van der Waals surface area contributed by atoms with Gasteiger partial charge in [0.25, 0.3) is 0 Å². The van der Waals surface area contributed by atoms with E-state index in [0.29, 0.717) is 16.7 Å². The highest BCUT2D eigenvalue weighted by Crippen LogP contribution is 2.30. The Morgan fingerprint density at radius 1 is 0.923 bits per heavy atom. The normalized spacial score (nSPS) is 12.6. The zero-order chi connectivity index (χ0) is 27.9. The summed E-state index contributed by atoms with van der Waals surface area (Å²) in [6.45, 7) is 7.07. The molecule has 9 heteroatoms. The van der Waals surface area contributed by atoms with Crippen molar-refractivity contribution in [2.24, 2.45) is 0 Å². The van der Waals surface area contributed by atoms with Crippen molar-refractivity contribution in [2.45, 2.75) is 45.1 Å². The average molecular weight is 545 g/mol. The Hall–Kier alpha value is -4.21. The third kappa shape index (κ3) is 5.10. The number of fused-ring (bicyclic) bond motifs is 2. The van der Waals surface area contributed by atoms with Crippen molar-refractivity contribution in [3.05, 3.63) is 105 Å². The number of carbonyl (C=O) groups excluding carboxylic acids is 1. The van der Waals surface area contributed by atoms with Crippen LogP contribution in [0.25, 0.3) is 21.9 Å². The fourth-order valence-corrected chi connectivity index (χ4v) is 5.77. The summed E-state index contributed by atoms with van der Waals surface area (Å²) < 4.78 is 40.3. The quantitative estimate of drug-likeness (QED) is 0.169. The van der Waals surface area contributed by atoms with Crippen LogP contribution in [0.2, 0.25) is 0 Å². The predicted octanol–water partition coefficient (Wildman–Crippen LogP) is 5.00. The topological polar surface area (TPSA) is 118 Å². The van der Waals surface area contributed by atoms with E-state index in [1.54, 1.807) is 44.3 Å². The van der Waals surface area contributed by atoms with Gasteiger partial charge in [-0.2, -0.15) is 4.72 Å². The van der Waals surface area contributed by atoms with Crippen LogP contribution in [0.15, 0.2) is 81.0 Å². The minimum atomic E-state index is -4.05. The van der Waals surface area contributed by atoms with Crippen molar-refractivity contribution in [3.8, 4) is 5.75 Å². The molecular formula is C30H28N2O6S. The Morgan fingerprint density at radius 2 is 1.64 bits per heavy atom. The van der Waals surface area contributed by atoms with E-state index >= 15 is 0 Å². The summed E-state index contributed by atoms with van der Waals surface area (Å²) in [6.07, 6.45) is 1.81. The molecule has 5 aromatic rings. The number of aromatic nitrogens is 1. The Morgan fingerprint density at radius 3 is 2.38 bits per heavy atom. The molecule has 2 heterocycles. The standard InChI is InChI=1S/C30H28N2O6S/c1-17-9-11-22(12-10-17)39(35,36)32-26(15-21-16-31-25-8-6-5-7-24(21)25)30(34)37-27-14-13-23-18(2)19(3)29(33)38-28(23)20(27)4/h5-14,16,26,31-32H,15H2,1-4H3/t26-/m0/s1. The Balaban J connectivity index is 1.51. The molecule has 2 N–H and O–H groups in total. The zero-order valence-corrected chi connectivity index (χ0v) is 22.8. The number of para-hydroxylation sites is 1. The second-order valence-corrected chi connectivity index (χ2v) is 11.4. The Bertz CT molecular complexity index is 1890. The summed E-state index contributed by atoms with van der Waals surface area (Å²) in [7, 11) is -4.05. The molecule has 0 aliphatic rings. The van der Waals surface area contributed by atoms with Gasteiger partial charge in [0.05, 0.1) is 4.90 Å². The molecule has 0 aliphatic carbocycles. The number of aromatic amines is 1. The van der Waals surface area contributed by atoms with Gasteiger partial charge in [-0.25, -0.2) is 18.0 Å². The lowest BCUT2D eigenvalue weighted by Gasteiger charge is -2.19. The molecule has 0 fully saturated rings. The van der Waals surface area contributed by atoms with Crippen molar-refractivity contribution >= 4 is 37.9 Å². The van der Waals surface area contributed by atoms with Crippen molar-refractivity contribution in [3.63, 3.8) is 0 Å². The molecule has 0 unspecified atom stereocenters. The maximum absolute atomic E-state index is 13.6. The molecule has 200 valence electrons. The van der Waals surface area contributed by atoms with Crippen LogP contribution in [0, 0.1) is 27.7 Å². The van der Waals surface area contributed by atoms with Crippen molar-refractivity contribution in [1.29, 1.82) is 0 Å². The summed E-state index contributed by atoms with van der Waals surface area (Å²) in [5.74, 6) is -0.609. The number of ether oxygens (including phenoxy) is 1. The average Bonchev–Trinajstić information content (AvgIpc) is 3.32. The smallest absolute Gasteiger partial charge is 0.339 e. The number of nitrogens with one attached hydrogen (secondary N) is 2. The highest BCUT2D eigenvalue weighted by molar-refractivity contribution is 7.89. The third-order valence-electron chi connectivity index (χ3n) is 7.05. The van der Waals surface area contributed by atoms with Gasteiger partial charge in [-0.3, -0.25) is 0 Å². The number of carbonyl (C=O) groups is 1. The number of benzene rings is 3. The van der Waals surface area contributed by atoms with E-state index in [1.165, 1.54) is 12.1 Å². The van der Waals surface area contributed by atoms with Crippen LogP contribution in [0.5, 0.6) is 5.75 Å². The molecule has 0 amide bonds.